The Kier molecular flexibility index (Phi) is 4.36. The van der Waals surface area contributed by atoms with Gasteiger partial charge in [-0.05, 0) is 26.7 Å². The van der Waals surface area contributed by atoms with E-state index in [2.05, 4.69) is 36.2 Å². The number of aromatic nitrogens is 3. The molecule has 0 N–H and O–H groups in total. The van der Waals surface area contributed by atoms with Crippen molar-refractivity contribution in [2.45, 2.75) is 46.3 Å². The molecular weight excluding hydrogens is 246 g/mol. The van der Waals surface area contributed by atoms with Crippen molar-refractivity contribution in [2.75, 3.05) is 0 Å². The Bertz CT molecular complexity index is 490. The van der Waals surface area contributed by atoms with E-state index in [-0.39, 0.29) is 0 Å². The van der Waals surface area contributed by atoms with Gasteiger partial charge in [0.1, 0.15) is 6.61 Å². The highest BCUT2D eigenvalue weighted by molar-refractivity contribution is 7.09. The van der Waals surface area contributed by atoms with Crippen LogP contribution < -0.4 is 4.74 Å². The van der Waals surface area contributed by atoms with E-state index in [1.54, 1.807) is 17.5 Å². The second kappa shape index (κ2) is 6.00. The number of hydrogen-bond donors (Lipinski definition) is 0. The largest absolute Gasteiger partial charge is 0.484 e. The summed E-state index contributed by atoms with van der Waals surface area (Å²) in [7, 11) is 0. The fourth-order valence-electron chi connectivity index (χ4n) is 1.58. The molecule has 0 unspecified atom stereocenters. The molecule has 4 nitrogen and oxygen atoms in total. The zero-order chi connectivity index (χ0) is 13.0. The van der Waals surface area contributed by atoms with Crippen molar-refractivity contribution in [1.29, 1.82) is 0 Å². The molecule has 18 heavy (non-hydrogen) atoms. The lowest BCUT2D eigenvalue weighted by atomic mass is 10.3. The molecule has 98 valence electrons. The van der Waals surface area contributed by atoms with Crippen molar-refractivity contribution in [3.63, 3.8) is 0 Å². The average Bonchev–Trinajstić information content (AvgIpc) is 2.95. The zero-order valence-corrected chi connectivity index (χ0v) is 11.9. The smallest absolute Gasteiger partial charge is 0.157 e. The summed E-state index contributed by atoms with van der Waals surface area (Å²) >= 11 is 1.71. The first-order valence-electron chi connectivity index (χ1n) is 6.29. The Labute approximate surface area is 112 Å². The monoisotopic (exact) mass is 265 g/mol. The summed E-state index contributed by atoms with van der Waals surface area (Å²) in [4.78, 5) is 4.52. The van der Waals surface area contributed by atoms with Crippen molar-refractivity contribution in [3.05, 3.63) is 28.5 Å². The van der Waals surface area contributed by atoms with E-state index in [0.29, 0.717) is 12.6 Å². The van der Waals surface area contributed by atoms with Gasteiger partial charge in [-0.15, -0.1) is 11.3 Å². The summed E-state index contributed by atoms with van der Waals surface area (Å²) in [6, 6.07) is 0.359. The minimum Gasteiger partial charge on any atom is -0.484 e. The summed E-state index contributed by atoms with van der Waals surface area (Å²) < 4.78 is 7.56. The van der Waals surface area contributed by atoms with Crippen molar-refractivity contribution in [2.24, 2.45) is 0 Å². The SMILES string of the molecule is CCCc1nc(COc2cnn(C(C)C)c2)cs1. The molecular formula is C13H19N3OS. The summed E-state index contributed by atoms with van der Waals surface area (Å²) in [5.74, 6) is 0.800. The van der Waals surface area contributed by atoms with Crippen LogP contribution in [-0.4, -0.2) is 14.8 Å². The zero-order valence-electron chi connectivity index (χ0n) is 11.1. The van der Waals surface area contributed by atoms with Gasteiger partial charge in [-0.2, -0.15) is 5.10 Å². The lowest BCUT2D eigenvalue weighted by Gasteiger charge is -2.03. The second-order valence-corrected chi connectivity index (χ2v) is 5.46. The maximum Gasteiger partial charge on any atom is 0.157 e. The van der Waals surface area contributed by atoms with Gasteiger partial charge in [0.25, 0.3) is 0 Å². The number of rotatable bonds is 6. The molecule has 0 bridgehead atoms. The van der Waals surface area contributed by atoms with Crippen LogP contribution in [-0.2, 0) is 13.0 Å². The Morgan fingerprint density at radius 3 is 2.94 bits per heavy atom. The molecule has 0 radical (unpaired) electrons. The van der Waals surface area contributed by atoms with Crippen LogP contribution in [0.15, 0.2) is 17.8 Å². The lowest BCUT2D eigenvalue weighted by Crippen LogP contribution is -2.00. The molecule has 5 heteroatoms. The first-order valence-corrected chi connectivity index (χ1v) is 7.17. The first kappa shape index (κ1) is 13.1. The molecule has 0 aliphatic heterocycles. The van der Waals surface area contributed by atoms with Gasteiger partial charge in [-0.3, -0.25) is 4.68 Å². The van der Waals surface area contributed by atoms with Crippen molar-refractivity contribution in [1.82, 2.24) is 14.8 Å². The summed E-state index contributed by atoms with van der Waals surface area (Å²) in [5.41, 5.74) is 1.00. The fourth-order valence-corrected chi connectivity index (χ4v) is 2.46. The average molecular weight is 265 g/mol. The Hall–Kier alpha value is -1.36. The van der Waals surface area contributed by atoms with Gasteiger partial charge in [0, 0.05) is 11.4 Å². The Morgan fingerprint density at radius 2 is 2.28 bits per heavy atom. The number of hydrogen-bond acceptors (Lipinski definition) is 4. The molecule has 2 heterocycles. The standard InChI is InChI=1S/C13H19N3OS/c1-4-5-13-15-11(9-18-13)8-17-12-6-14-16(7-12)10(2)3/h6-7,9-10H,4-5,8H2,1-3H3. The highest BCUT2D eigenvalue weighted by atomic mass is 32.1. The maximum atomic E-state index is 5.68. The predicted octanol–water partition coefficient (Wildman–Crippen LogP) is 3.45. The van der Waals surface area contributed by atoms with Gasteiger partial charge in [0.05, 0.1) is 23.1 Å². The summed E-state index contributed by atoms with van der Waals surface area (Å²) in [6.07, 6.45) is 5.86. The molecule has 0 aliphatic rings. The number of nitrogens with zero attached hydrogens (tertiary/aromatic N) is 3. The fraction of sp³-hybridized carbons (Fsp3) is 0.538. The molecule has 0 aromatic carbocycles. The predicted molar refractivity (Wildman–Crippen MR) is 73.1 cm³/mol. The molecule has 0 amide bonds. The molecule has 0 fully saturated rings. The van der Waals surface area contributed by atoms with Gasteiger partial charge < -0.3 is 4.74 Å². The second-order valence-electron chi connectivity index (χ2n) is 4.52. The topological polar surface area (TPSA) is 39.9 Å². The minimum atomic E-state index is 0.359. The van der Waals surface area contributed by atoms with Crippen LogP contribution in [0, 0.1) is 0 Å². The minimum absolute atomic E-state index is 0.359. The first-order chi connectivity index (χ1) is 8.69. The number of thiazole rings is 1. The van der Waals surface area contributed by atoms with Gasteiger partial charge in [-0.1, -0.05) is 6.92 Å². The van der Waals surface area contributed by atoms with E-state index in [1.165, 1.54) is 5.01 Å². The van der Waals surface area contributed by atoms with E-state index in [9.17, 15) is 0 Å². The van der Waals surface area contributed by atoms with Crippen LogP contribution in [0.1, 0.15) is 43.9 Å². The van der Waals surface area contributed by atoms with Crippen LogP contribution in [0.4, 0.5) is 0 Å². The highest BCUT2D eigenvalue weighted by Gasteiger charge is 2.05. The number of ether oxygens (including phenoxy) is 1. The van der Waals surface area contributed by atoms with Gasteiger partial charge in [-0.25, -0.2) is 4.98 Å². The Balaban J connectivity index is 1.89. The van der Waals surface area contributed by atoms with Crippen LogP contribution in [0.3, 0.4) is 0 Å². The summed E-state index contributed by atoms with van der Waals surface area (Å²) in [5, 5.41) is 7.49. The van der Waals surface area contributed by atoms with Crippen LogP contribution in [0.5, 0.6) is 5.75 Å². The van der Waals surface area contributed by atoms with Crippen LogP contribution >= 0.6 is 11.3 Å². The molecule has 0 aliphatic carbocycles. The Morgan fingerprint density at radius 1 is 1.44 bits per heavy atom. The molecule has 0 saturated carbocycles. The maximum absolute atomic E-state index is 5.68. The molecule has 2 rings (SSSR count). The van der Waals surface area contributed by atoms with Gasteiger partial charge in [0.15, 0.2) is 5.75 Å². The molecule has 2 aromatic rings. The third-order valence-electron chi connectivity index (χ3n) is 2.56. The van der Waals surface area contributed by atoms with Gasteiger partial charge in [0.2, 0.25) is 0 Å². The number of aryl methyl sites for hydroxylation is 1. The lowest BCUT2D eigenvalue weighted by molar-refractivity contribution is 0.301. The molecule has 0 atom stereocenters. The van der Waals surface area contributed by atoms with E-state index in [1.807, 2.05) is 10.9 Å². The van der Waals surface area contributed by atoms with E-state index < -0.39 is 0 Å². The van der Waals surface area contributed by atoms with Crippen LogP contribution in [0.2, 0.25) is 0 Å². The van der Waals surface area contributed by atoms with E-state index in [4.69, 9.17) is 4.74 Å². The molecule has 0 saturated heterocycles. The van der Waals surface area contributed by atoms with Crippen LogP contribution in [0.25, 0.3) is 0 Å². The van der Waals surface area contributed by atoms with E-state index in [0.717, 1.165) is 24.3 Å². The third kappa shape index (κ3) is 3.32. The normalized spacial score (nSPS) is 11.1. The van der Waals surface area contributed by atoms with Crippen molar-refractivity contribution in [3.8, 4) is 5.75 Å². The quantitative estimate of drug-likeness (QED) is 0.803. The van der Waals surface area contributed by atoms with E-state index >= 15 is 0 Å². The molecule has 0 spiro atoms. The summed E-state index contributed by atoms with van der Waals surface area (Å²) in [6.45, 7) is 6.87. The van der Waals surface area contributed by atoms with Gasteiger partial charge >= 0.3 is 0 Å². The highest BCUT2D eigenvalue weighted by Crippen LogP contribution is 2.16. The molecule has 2 aromatic heterocycles. The third-order valence-corrected chi connectivity index (χ3v) is 3.51. The van der Waals surface area contributed by atoms with Crippen molar-refractivity contribution < 1.29 is 4.74 Å². The van der Waals surface area contributed by atoms with Crippen molar-refractivity contribution >= 4 is 11.3 Å².